The molecule has 0 bridgehead atoms. The van der Waals surface area contributed by atoms with E-state index in [9.17, 15) is 0 Å². The highest BCUT2D eigenvalue weighted by atomic mass is 35.5. The van der Waals surface area contributed by atoms with Crippen LogP contribution in [0.5, 0.6) is 0 Å². The summed E-state index contributed by atoms with van der Waals surface area (Å²) >= 11 is 0. The predicted molar refractivity (Wildman–Crippen MR) is 70.4 cm³/mol. The van der Waals surface area contributed by atoms with E-state index in [-0.39, 0.29) is 12.4 Å². The van der Waals surface area contributed by atoms with Crippen molar-refractivity contribution in [3.05, 3.63) is 11.7 Å². The lowest BCUT2D eigenvalue weighted by atomic mass is 10.2. The topological polar surface area (TPSA) is 54.2 Å². The summed E-state index contributed by atoms with van der Waals surface area (Å²) in [6.07, 6.45) is 1.94. The molecule has 0 saturated heterocycles. The van der Waals surface area contributed by atoms with Crippen molar-refractivity contribution in [3.63, 3.8) is 0 Å². The smallest absolute Gasteiger partial charge is 0.240 e. The predicted octanol–water partition coefficient (Wildman–Crippen LogP) is 1.48. The molecule has 0 radical (unpaired) electrons. The third-order valence-electron chi connectivity index (χ3n) is 2.50. The zero-order valence-electron chi connectivity index (χ0n) is 11.1. The van der Waals surface area contributed by atoms with Crippen molar-refractivity contribution in [2.45, 2.75) is 39.3 Å². The molecule has 0 spiro atoms. The lowest BCUT2D eigenvalue weighted by molar-refractivity contribution is 0.266. The maximum atomic E-state index is 5.20. The van der Waals surface area contributed by atoms with Crippen LogP contribution < -0.4 is 5.32 Å². The number of nitrogens with one attached hydrogen (secondary N) is 1. The Kier molecular flexibility index (Phi) is 8.12. The molecule has 0 aliphatic heterocycles. The Labute approximate surface area is 109 Å². The Morgan fingerprint density at radius 2 is 2.18 bits per heavy atom. The minimum Gasteiger partial charge on any atom is -0.338 e. The van der Waals surface area contributed by atoms with E-state index >= 15 is 0 Å². The lowest BCUT2D eigenvalue weighted by Gasteiger charge is -2.11. The standard InChI is InChI=1S/C11H22N4O.ClH/c1-5-6-15(4)8-11-13-10(14-16-11)7-9(2)12-3;/h9,12H,5-8H2,1-4H3;1H. The normalized spacial score (nSPS) is 12.5. The van der Waals surface area contributed by atoms with Gasteiger partial charge in [0.15, 0.2) is 5.82 Å². The number of hydrogen-bond acceptors (Lipinski definition) is 5. The van der Waals surface area contributed by atoms with Gasteiger partial charge in [-0.2, -0.15) is 4.98 Å². The first-order valence-corrected chi connectivity index (χ1v) is 5.83. The molecule has 17 heavy (non-hydrogen) atoms. The Bertz CT molecular complexity index is 305. The van der Waals surface area contributed by atoms with Crippen molar-refractivity contribution >= 4 is 12.4 Å². The highest BCUT2D eigenvalue weighted by Gasteiger charge is 2.10. The van der Waals surface area contributed by atoms with Gasteiger partial charge in [0.25, 0.3) is 0 Å². The summed E-state index contributed by atoms with van der Waals surface area (Å²) in [5, 5.41) is 7.12. The zero-order chi connectivity index (χ0) is 12.0. The first-order valence-electron chi connectivity index (χ1n) is 5.83. The van der Waals surface area contributed by atoms with Crippen LogP contribution in [-0.4, -0.2) is 41.7 Å². The first kappa shape index (κ1) is 16.4. The van der Waals surface area contributed by atoms with Gasteiger partial charge < -0.3 is 9.84 Å². The lowest BCUT2D eigenvalue weighted by Crippen LogP contribution is -2.24. The minimum atomic E-state index is 0. The SMILES string of the molecule is CCCN(C)Cc1nc(CC(C)NC)no1.Cl. The van der Waals surface area contributed by atoms with E-state index in [1.165, 1.54) is 0 Å². The molecule has 0 amide bonds. The molecule has 1 heterocycles. The molecule has 1 N–H and O–H groups in total. The van der Waals surface area contributed by atoms with Crippen LogP contribution in [-0.2, 0) is 13.0 Å². The fraction of sp³-hybridized carbons (Fsp3) is 0.818. The average molecular weight is 263 g/mol. The van der Waals surface area contributed by atoms with Crippen LogP contribution in [0.15, 0.2) is 4.52 Å². The van der Waals surface area contributed by atoms with E-state index in [1.54, 1.807) is 0 Å². The molecule has 0 aliphatic rings. The van der Waals surface area contributed by atoms with Crippen molar-refractivity contribution in [1.29, 1.82) is 0 Å². The zero-order valence-corrected chi connectivity index (χ0v) is 11.9. The molecule has 1 atom stereocenters. The fourth-order valence-electron chi connectivity index (χ4n) is 1.50. The summed E-state index contributed by atoms with van der Waals surface area (Å²) in [7, 11) is 3.99. The maximum Gasteiger partial charge on any atom is 0.240 e. The van der Waals surface area contributed by atoms with E-state index in [4.69, 9.17) is 4.52 Å². The maximum absolute atomic E-state index is 5.20. The second-order valence-electron chi connectivity index (χ2n) is 4.24. The Hall–Kier alpha value is -0.650. The number of hydrogen-bond donors (Lipinski definition) is 1. The van der Waals surface area contributed by atoms with Crippen LogP contribution in [0.1, 0.15) is 32.0 Å². The molecule has 1 rings (SSSR count). The molecule has 1 aromatic heterocycles. The van der Waals surface area contributed by atoms with Gasteiger partial charge in [0, 0.05) is 12.5 Å². The van der Waals surface area contributed by atoms with Gasteiger partial charge in [-0.15, -0.1) is 12.4 Å². The van der Waals surface area contributed by atoms with E-state index < -0.39 is 0 Å². The van der Waals surface area contributed by atoms with Gasteiger partial charge in [0.1, 0.15) is 0 Å². The van der Waals surface area contributed by atoms with Crippen LogP contribution in [0.2, 0.25) is 0 Å². The Balaban J connectivity index is 0.00000256. The number of rotatable bonds is 7. The summed E-state index contributed by atoms with van der Waals surface area (Å²) in [6, 6.07) is 0.374. The van der Waals surface area contributed by atoms with E-state index in [2.05, 4.69) is 41.3 Å². The summed E-state index contributed by atoms with van der Waals surface area (Å²) in [4.78, 5) is 6.54. The van der Waals surface area contributed by atoms with Crippen molar-refractivity contribution in [2.24, 2.45) is 0 Å². The van der Waals surface area contributed by atoms with Gasteiger partial charge in [0.05, 0.1) is 6.54 Å². The molecular weight excluding hydrogens is 240 g/mol. The van der Waals surface area contributed by atoms with Crippen LogP contribution in [0.4, 0.5) is 0 Å². The number of likely N-dealkylation sites (N-methyl/N-ethyl adjacent to an activating group) is 1. The third kappa shape index (κ3) is 6.00. The fourth-order valence-corrected chi connectivity index (χ4v) is 1.50. The van der Waals surface area contributed by atoms with E-state index in [0.29, 0.717) is 11.9 Å². The quantitative estimate of drug-likeness (QED) is 0.807. The van der Waals surface area contributed by atoms with Gasteiger partial charge in [-0.3, -0.25) is 4.90 Å². The van der Waals surface area contributed by atoms with Crippen molar-refractivity contribution in [3.8, 4) is 0 Å². The summed E-state index contributed by atoms with van der Waals surface area (Å²) in [5.41, 5.74) is 0. The minimum absolute atomic E-state index is 0. The first-order chi connectivity index (χ1) is 7.65. The highest BCUT2D eigenvalue weighted by Crippen LogP contribution is 2.03. The number of halogens is 1. The highest BCUT2D eigenvalue weighted by molar-refractivity contribution is 5.85. The molecule has 0 fully saturated rings. The molecular formula is C11H23ClN4O. The monoisotopic (exact) mass is 262 g/mol. The van der Waals surface area contributed by atoms with Gasteiger partial charge in [-0.1, -0.05) is 12.1 Å². The molecule has 0 aliphatic carbocycles. The van der Waals surface area contributed by atoms with Crippen LogP contribution in [0.3, 0.4) is 0 Å². The van der Waals surface area contributed by atoms with Crippen molar-refractivity contribution in [1.82, 2.24) is 20.4 Å². The Morgan fingerprint density at radius 3 is 2.76 bits per heavy atom. The van der Waals surface area contributed by atoms with Crippen LogP contribution in [0, 0.1) is 0 Å². The second kappa shape index (κ2) is 8.44. The number of nitrogens with zero attached hydrogens (tertiary/aromatic N) is 3. The van der Waals surface area contributed by atoms with Gasteiger partial charge in [-0.25, -0.2) is 0 Å². The molecule has 1 aromatic rings. The molecule has 100 valence electrons. The average Bonchev–Trinajstić information content (AvgIpc) is 2.65. The van der Waals surface area contributed by atoms with Crippen LogP contribution in [0.25, 0.3) is 0 Å². The molecule has 1 unspecified atom stereocenters. The second-order valence-corrected chi connectivity index (χ2v) is 4.24. The van der Waals surface area contributed by atoms with Gasteiger partial charge >= 0.3 is 0 Å². The molecule has 6 heteroatoms. The molecule has 0 aromatic carbocycles. The van der Waals surface area contributed by atoms with Crippen LogP contribution >= 0.6 is 12.4 Å². The van der Waals surface area contributed by atoms with Gasteiger partial charge in [0.2, 0.25) is 5.89 Å². The largest absolute Gasteiger partial charge is 0.338 e. The molecule has 5 nitrogen and oxygen atoms in total. The van der Waals surface area contributed by atoms with Gasteiger partial charge in [-0.05, 0) is 34.0 Å². The summed E-state index contributed by atoms with van der Waals surface area (Å²) in [5.74, 6) is 1.48. The van der Waals surface area contributed by atoms with E-state index in [0.717, 1.165) is 31.8 Å². The van der Waals surface area contributed by atoms with Crippen molar-refractivity contribution in [2.75, 3.05) is 20.6 Å². The molecule has 0 saturated carbocycles. The number of aromatic nitrogens is 2. The van der Waals surface area contributed by atoms with Crippen molar-refractivity contribution < 1.29 is 4.52 Å². The third-order valence-corrected chi connectivity index (χ3v) is 2.50. The van der Waals surface area contributed by atoms with E-state index in [1.807, 2.05) is 7.05 Å². The summed E-state index contributed by atoms with van der Waals surface area (Å²) < 4.78 is 5.20. The Morgan fingerprint density at radius 1 is 1.47 bits per heavy atom. The summed E-state index contributed by atoms with van der Waals surface area (Å²) in [6.45, 7) is 6.03.